The smallest absolute Gasteiger partial charge is 0.189 e. The molecule has 0 aliphatic carbocycles. The number of hydrogen-bond acceptors (Lipinski definition) is 4. The summed E-state index contributed by atoms with van der Waals surface area (Å²) in [5.41, 5.74) is 3.28. The molecule has 0 bridgehead atoms. The number of methoxy groups -OCH3 is 2. The van der Waals surface area contributed by atoms with Crippen LogP contribution in [-0.4, -0.2) is 20.0 Å². The Labute approximate surface area is 181 Å². The van der Waals surface area contributed by atoms with Crippen molar-refractivity contribution in [3.8, 4) is 17.2 Å². The van der Waals surface area contributed by atoms with E-state index in [4.69, 9.17) is 25.8 Å². The van der Waals surface area contributed by atoms with Gasteiger partial charge in [0.2, 0.25) is 0 Å². The van der Waals surface area contributed by atoms with Crippen LogP contribution in [0.2, 0.25) is 5.02 Å². The number of benzene rings is 3. The van der Waals surface area contributed by atoms with Crippen LogP contribution in [0.4, 0.5) is 0 Å². The van der Waals surface area contributed by atoms with Crippen LogP contribution in [0.3, 0.4) is 0 Å². The van der Waals surface area contributed by atoms with Gasteiger partial charge in [-0.25, -0.2) is 0 Å². The topological polar surface area (TPSA) is 44.8 Å². The molecule has 0 aliphatic heterocycles. The number of para-hydroxylation sites is 1. The molecule has 0 spiro atoms. The number of rotatable bonds is 8. The average Bonchev–Trinajstić information content (AvgIpc) is 2.76. The van der Waals surface area contributed by atoms with Gasteiger partial charge >= 0.3 is 0 Å². The molecule has 0 aliphatic rings. The summed E-state index contributed by atoms with van der Waals surface area (Å²) in [6, 6.07) is 18.4. The summed E-state index contributed by atoms with van der Waals surface area (Å²) in [5, 5.41) is 0.562. The first-order valence-electron chi connectivity index (χ1n) is 9.43. The van der Waals surface area contributed by atoms with Gasteiger partial charge < -0.3 is 14.2 Å². The van der Waals surface area contributed by atoms with Gasteiger partial charge in [0.05, 0.1) is 24.8 Å². The minimum absolute atomic E-state index is 0.132. The number of ketones is 1. The summed E-state index contributed by atoms with van der Waals surface area (Å²) in [6.45, 7) is 2.26. The van der Waals surface area contributed by atoms with Crippen LogP contribution >= 0.6 is 11.6 Å². The lowest BCUT2D eigenvalue weighted by Gasteiger charge is -2.12. The molecule has 0 atom stereocenters. The first-order valence-corrected chi connectivity index (χ1v) is 9.81. The first-order chi connectivity index (χ1) is 14.5. The lowest BCUT2D eigenvalue weighted by molar-refractivity contribution is 0.104. The van der Waals surface area contributed by atoms with Gasteiger partial charge in [-0.15, -0.1) is 0 Å². The van der Waals surface area contributed by atoms with Gasteiger partial charge in [-0.2, -0.15) is 0 Å². The Morgan fingerprint density at radius 1 is 0.933 bits per heavy atom. The number of halogens is 1. The molecule has 0 saturated carbocycles. The summed E-state index contributed by atoms with van der Waals surface area (Å²) in [5.74, 6) is 1.72. The normalized spacial score (nSPS) is 10.8. The molecule has 0 unspecified atom stereocenters. The molecule has 3 aromatic carbocycles. The van der Waals surface area contributed by atoms with Crippen LogP contribution in [0.1, 0.15) is 27.0 Å². The molecule has 0 heterocycles. The Hall–Kier alpha value is -3.24. The molecule has 3 aromatic rings. The quantitative estimate of drug-likeness (QED) is 0.323. The van der Waals surface area contributed by atoms with Gasteiger partial charge in [-0.05, 0) is 60.5 Å². The SMILES string of the molecule is COc1ccc(/C=C/C(=O)c2ccccc2OC)cc1COc1ccc(C)cc1Cl. The van der Waals surface area contributed by atoms with E-state index in [2.05, 4.69) is 0 Å². The van der Waals surface area contributed by atoms with E-state index < -0.39 is 0 Å². The lowest BCUT2D eigenvalue weighted by atomic mass is 10.1. The van der Waals surface area contributed by atoms with Crippen LogP contribution in [0.5, 0.6) is 17.2 Å². The van der Waals surface area contributed by atoms with E-state index in [1.54, 1.807) is 32.4 Å². The third kappa shape index (κ3) is 5.22. The predicted molar refractivity (Wildman–Crippen MR) is 120 cm³/mol. The van der Waals surface area contributed by atoms with Crippen LogP contribution < -0.4 is 14.2 Å². The van der Waals surface area contributed by atoms with E-state index in [0.29, 0.717) is 27.8 Å². The Balaban J connectivity index is 1.78. The fourth-order valence-electron chi connectivity index (χ4n) is 3.00. The Kier molecular flexibility index (Phi) is 7.15. The molecule has 30 heavy (non-hydrogen) atoms. The van der Waals surface area contributed by atoms with Crippen LogP contribution in [0.25, 0.3) is 6.08 Å². The number of aryl methyl sites for hydroxylation is 1. The standard InChI is InChI=1S/C25H23ClO4/c1-17-8-12-25(21(26)14-17)30-16-19-15-18(10-13-23(19)28-2)9-11-22(27)20-6-4-5-7-24(20)29-3/h4-15H,16H2,1-3H3/b11-9+. The molecule has 0 amide bonds. The molecule has 0 aromatic heterocycles. The number of allylic oxidation sites excluding steroid dienone is 1. The molecule has 0 N–H and O–H groups in total. The van der Waals surface area contributed by atoms with E-state index >= 15 is 0 Å². The van der Waals surface area contributed by atoms with E-state index in [-0.39, 0.29) is 12.4 Å². The number of carbonyl (C=O) groups excluding carboxylic acids is 1. The molecule has 3 rings (SSSR count). The van der Waals surface area contributed by atoms with Gasteiger partial charge in [-0.3, -0.25) is 4.79 Å². The van der Waals surface area contributed by atoms with Crippen molar-refractivity contribution in [1.29, 1.82) is 0 Å². The molecule has 0 radical (unpaired) electrons. The van der Waals surface area contributed by atoms with Crippen molar-refractivity contribution in [3.05, 3.63) is 94.0 Å². The zero-order chi connectivity index (χ0) is 21.5. The van der Waals surface area contributed by atoms with Crippen LogP contribution in [0, 0.1) is 6.92 Å². The van der Waals surface area contributed by atoms with Crippen molar-refractivity contribution < 1.29 is 19.0 Å². The Morgan fingerprint density at radius 2 is 1.67 bits per heavy atom. The summed E-state index contributed by atoms with van der Waals surface area (Å²) in [7, 11) is 3.16. The zero-order valence-electron chi connectivity index (χ0n) is 17.1. The first kappa shape index (κ1) is 21.5. The minimum Gasteiger partial charge on any atom is -0.496 e. The molecule has 0 saturated heterocycles. The zero-order valence-corrected chi connectivity index (χ0v) is 17.9. The fourth-order valence-corrected chi connectivity index (χ4v) is 3.29. The second kappa shape index (κ2) is 9.99. The van der Waals surface area contributed by atoms with Crippen molar-refractivity contribution >= 4 is 23.5 Å². The lowest BCUT2D eigenvalue weighted by Crippen LogP contribution is -2.00. The highest BCUT2D eigenvalue weighted by Crippen LogP contribution is 2.28. The van der Waals surface area contributed by atoms with Gasteiger partial charge in [0.25, 0.3) is 0 Å². The van der Waals surface area contributed by atoms with E-state index in [1.165, 1.54) is 6.08 Å². The summed E-state index contributed by atoms with van der Waals surface area (Å²) < 4.78 is 16.6. The van der Waals surface area contributed by atoms with Crippen LogP contribution in [0.15, 0.2) is 66.7 Å². The molecule has 4 nitrogen and oxygen atoms in total. The van der Waals surface area contributed by atoms with Gasteiger partial charge in [0, 0.05) is 5.56 Å². The number of carbonyl (C=O) groups is 1. The predicted octanol–water partition coefficient (Wildman–Crippen LogP) is 6.14. The highest BCUT2D eigenvalue weighted by molar-refractivity contribution is 6.32. The Morgan fingerprint density at radius 3 is 2.40 bits per heavy atom. The number of ether oxygens (including phenoxy) is 3. The highest BCUT2D eigenvalue weighted by Gasteiger charge is 2.10. The van der Waals surface area contributed by atoms with E-state index in [9.17, 15) is 4.79 Å². The van der Waals surface area contributed by atoms with Crippen molar-refractivity contribution in [3.63, 3.8) is 0 Å². The highest BCUT2D eigenvalue weighted by atomic mass is 35.5. The Bertz CT molecular complexity index is 1070. The van der Waals surface area contributed by atoms with Gasteiger partial charge in [0.1, 0.15) is 23.9 Å². The van der Waals surface area contributed by atoms with E-state index in [0.717, 1.165) is 16.7 Å². The van der Waals surface area contributed by atoms with Crippen molar-refractivity contribution in [1.82, 2.24) is 0 Å². The second-order valence-corrected chi connectivity index (χ2v) is 7.10. The van der Waals surface area contributed by atoms with Gasteiger partial charge in [0.15, 0.2) is 5.78 Å². The monoisotopic (exact) mass is 422 g/mol. The summed E-state index contributed by atoms with van der Waals surface area (Å²) >= 11 is 6.25. The maximum atomic E-state index is 12.6. The second-order valence-electron chi connectivity index (χ2n) is 6.69. The largest absolute Gasteiger partial charge is 0.496 e. The molecule has 154 valence electrons. The maximum Gasteiger partial charge on any atom is 0.189 e. The van der Waals surface area contributed by atoms with Crippen molar-refractivity contribution in [2.24, 2.45) is 0 Å². The maximum absolute atomic E-state index is 12.6. The van der Waals surface area contributed by atoms with Gasteiger partial charge in [-0.1, -0.05) is 41.9 Å². The van der Waals surface area contributed by atoms with E-state index in [1.807, 2.05) is 55.5 Å². The fraction of sp³-hybridized carbons (Fsp3) is 0.160. The molecule has 5 heteroatoms. The van der Waals surface area contributed by atoms with Crippen molar-refractivity contribution in [2.75, 3.05) is 14.2 Å². The molecular weight excluding hydrogens is 400 g/mol. The molecule has 0 fully saturated rings. The summed E-state index contributed by atoms with van der Waals surface area (Å²) in [6.07, 6.45) is 3.29. The van der Waals surface area contributed by atoms with Crippen molar-refractivity contribution in [2.45, 2.75) is 13.5 Å². The molecular formula is C25H23ClO4. The third-order valence-electron chi connectivity index (χ3n) is 4.57. The number of hydrogen-bond donors (Lipinski definition) is 0. The average molecular weight is 423 g/mol. The minimum atomic E-state index is -0.132. The van der Waals surface area contributed by atoms with Crippen LogP contribution in [-0.2, 0) is 6.61 Å². The summed E-state index contributed by atoms with van der Waals surface area (Å²) in [4.78, 5) is 12.6. The third-order valence-corrected chi connectivity index (χ3v) is 4.87.